The zero-order valence-electron chi connectivity index (χ0n) is 16.2. The van der Waals surface area contributed by atoms with Crippen molar-refractivity contribution in [3.63, 3.8) is 0 Å². The van der Waals surface area contributed by atoms with Gasteiger partial charge in [0.2, 0.25) is 5.91 Å². The smallest absolute Gasteiger partial charge is 0.230 e. The molecular weight excluding hydrogens is 302 g/mol. The summed E-state index contributed by atoms with van der Waals surface area (Å²) in [6, 6.07) is 0.393. The minimum Gasteiger partial charge on any atom is -0.353 e. The van der Waals surface area contributed by atoms with Crippen LogP contribution in [0.3, 0.4) is 0 Å². The van der Waals surface area contributed by atoms with Gasteiger partial charge in [0.05, 0.1) is 5.75 Å². The minimum absolute atomic E-state index is 0.253. The summed E-state index contributed by atoms with van der Waals surface area (Å²) in [4.78, 5) is 12.3. The van der Waals surface area contributed by atoms with E-state index in [0.717, 1.165) is 19.3 Å². The molecule has 0 radical (unpaired) electrons. The molecule has 0 saturated carbocycles. The van der Waals surface area contributed by atoms with E-state index in [2.05, 4.69) is 33.0 Å². The largest absolute Gasteiger partial charge is 0.353 e. The lowest BCUT2D eigenvalue weighted by Gasteiger charge is -2.20. The van der Waals surface area contributed by atoms with Crippen LogP contribution in [0.25, 0.3) is 0 Å². The van der Waals surface area contributed by atoms with Gasteiger partial charge in [0.25, 0.3) is 0 Å². The van der Waals surface area contributed by atoms with Gasteiger partial charge in [0.1, 0.15) is 0 Å². The van der Waals surface area contributed by atoms with Gasteiger partial charge < -0.3 is 5.32 Å². The van der Waals surface area contributed by atoms with Gasteiger partial charge in [0.15, 0.2) is 0 Å². The molecule has 0 rings (SSSR count). The topological polar surface area (TPSA) is 29.1 Å². The van der Waals surface area contributed by atoms with E-state index in [1.54, 1.807) is 0 Å². The molecule has 0 aromatic carbocycles. The number of nitrogens with one attached hydrogen (secondary N) is 1. The summed E-state index contributed by atoms with van der Waals surface area (Å²) < 4.78 is 0. The molecular formula is C20H41NOS. The van der Waals surface area contributed by atoms with Crippen molar-refractivity contribution in [1.82, 2.24) is 5.32 Å². The summed E-state index contributed by atoms with van der Waals surface area (Å²) in [5.41, 5.74) is 0. The van der Waals surface area contributed by atoms with E-state index in [4.69, 9.17) is 0 Å². The standard InChI is InChI=1S/C20H41NOS/c1-5-9-12-14-18(13-8-4)21-20(22)17-23-19(15-10-6-2)16-11-7-3/h18-19H,5-17H2,1-4H3,(H,21,22). The number of thioether (sulfide) groups is 1. The summed E-state index contributed by atoms with van der Waals surface area (Å²) in [5, 5.41) is 3.96. The van der Waals surface area contributed by atoms with Gasteiger partial charge in [-0.2, -0.15) is 0 Å². The van der Waals surface area contributed by atoms with Crippen LogP contribution in [0.15, 0.2) is 0 Å². The molecule has 0 aliphatic rings. The Labute approximate surface area is 150 Å². The summed E-state index contributed by atoms with van der Waals surface area (Å²) in [6.45, 7) is 8.94. The van der Waals surface area contributed by atoms with Crippen LogP contribution >= 0.6 is 11.8 Å². The highest BCUT2D eigenvalue weighted by atomic mass is 32.2. The monoisotopic (exact) mass is 343 g/mol. The molecule has 0 fully saturated rings. The Bertz CT molecular complexity index is 262. The molecule has 0 heterocycles. The van der Waals surface area contributed by atoms with E-state index in [9.17, 15) is 4.79 Å². The van der Waals surface area contributed by atoms with E-state index in [1.807, 2.05) is 11.8 Å². The Morgan fingerprint density at radius 2 is 1.39 bits per heavy atom. The van der Waals surface area contributed by atoms with E-state index in [-0.39, 0.29) is 5.91 Å². The number of hydrogen-bond donors (Lipinski definition) is 1. The fraction of sp³-hybridized carbons (Fsp3) is 0.950. The maximum Gasteiger partial charge on any atom is 0.230 e. The van der Waals surface area contributed by atoms with Crippen molar-refractivity contribution in [2.45, 2.75) is 116 Å². The molecule has 2 nitrogen and oxygen atoms in total. The molecule has 0 spiro atoms. The van der Waals surface area contributed by atoms with E-state index >= 15 is 0 Å². The molecule has 0 aromatic heterocycles. The minimum atomic E-state index is 0.253. The molecule has 1 amide bonds. The number of carbonyl (C=O) groups excluding carboxylic acids is 1. The number of hydrogen-bond acceptors (Lipinski definition) is 2. The maximum absolute atomic E-state index is 12.3. The van der Waals surface area contributed by atoms with Crippen molar-refractivity contribution >= 4 is 17.7 Å². The summed E-state index contributed by atoms with van der Waals surface area (Å²) in [7, 11) is 0. The van der Waals surface area contributed by atoms with E-state index in [1.165, 1.54) is 57.8 Å². The van der Waals surface area contributed by atoms with Crippen LogP contribution in [0.4, 0.5) is 0 Å². The molecule has 0 aliphatic heterocycles. The van der Waals surface area contributed by atoms with Crippen LogP contribution in [-0.2, 0) is 4.79 Å². The van der Waals surface area contributed by atoms with Crippen molar-refractivity contribution in [2.24, 2.45) is 0 Å². The first kappa shape index (κ1) is 22.8. The van der Waals surface area contributed by atoms with Crippen molar-refractivity contribution in [3.05, 3.63) is 0 Å². The SMILES string of the molecule is CCCCCC(CCC)NC(=O)CSC(CCCC)CCCC. The van der Waals surface area contributed by atoms with Crippen LogP contribution in [0.2, 0.25) is 0 Å². The first-order valence-corrected chi connectivity index (χ1v) is 11.1. The molecule has 1 unspecified atom stereocenters. The predicted molar refractivity (Wildman–Crippen MR) is 106 cm³/mol. The molecule has 0 aliphatic carbocycles. The zero-order chi connectivity index (χ0) is 17.3. The highest BCUT2D eigenvalue weighted by Crippen LogP contribution is 2.23. The number of carbonyl (C=O) groups is 1. The fourth-order valence-electron chi connectivity index (χ4n) is 2.92. The molecule has 0 saturated heterocycles. The third-order valence-corrected chi connectivity index (χ3v) is 5.74. The van der Waals surface area contributed by atoms with Crippen LogP contribution < -0.4 is 5.32 Å². The molecule has 138 valence electrons. The van der Waals surface area contributed by atoms with Crippen molar-refractivity contribution in [1.29, 1.82) is 0 Å². The Morgan fingerprint density at radius 3 is 1.91 bits per heavy atom. The lowest BCUT2D eigenvalue weighted by Crippen LogP contribution is -2.36. The molecule has 23 heavy (non-hydrogen) atoms. The summed E-state index contributed by atoms with van der Waals surface area (Å²) in [6.07, 6.45) is 14.8. The fourth-order valence-corrected chi connectivity index (χ4v) is 4.05. The molecule has 1 N–H and O–H groups in total. The number of unbranched alkanes of at least 4 members (excludes halogenated alkanes) is 4. The van der Waals surface area contributed by atoms with E-state index < -0.39 is 0 Å². The van der Waals surface area contributed by atoms with Crippen molar-refractivity contribution < 1.29 is 4.79 Å². The Balaban J connectivity index is 4.13. The second-order valence-electron chi connectivity index (χ2n) is 6.77. The highest BCUT2D eigenvalue weighted by molar-refractivity contribution is 8.00. The quantitative estimate of drug-likeness (QED) is 0.332. The normalized spacial score (nSPS) is 12.6. The summed E-state index contributed by atoms with van der Waals surface area (Å²) in [5.74, 6) is 0.898. The molecule has 3 heteroatoms. The van der Waals surface area contributed by atoms with Crippen LogP contribution in [-0.4, -0.2) is 23.0 Å². The second kappa shape index (κ2) is 16.7. The predicted octanol–water partition coefficient (Wildman–Crippen LogP) is 6.33. The average molecular weight is 344 g/mol. The Morgan fingerprint density at radius 1 is 0.783 bits per heavy atom. The molecule has 0 aromatic rings. The highest BCUT2D eigenvalue weighted by Gasteiger charge is 2.14. The van der Waals surface area contributed by atoms with Crippen molar-refractivity contribution in [2.75, 3.05) is 5.75 Å². The molecule has 1 atom stereocenters. The van der Waals surface area contributed by atoms with Gasteiger partial charge in [-0.1, -0.05) is 79.1 Å². The third-order valence-electron chi connectivity index (χ3n) is 4.37. The van der Waals surface area contributed by atoms with E-state index in [0.29, 0.717) is 17.0 Å². The van der Waals surface area contributed by atoms with Crippen molar-refractivity contribution in [3.8, 4) is 0 Å². The summed E-state index contributed by atoms with van der Waals surface area (Å²) >= 11 is 1.89. The zero-order valence-corrected chi connectivity index (χ0v) is 17.0. The van der Waals surface area contributed by atoms with Crippen LogP contribution in [0, 0.1) is 0 Å². The molecule has 0 bridgehead atoms. The van der Waals surface area contributed by atoms with Gasteiger partial charge in [-0.3, -0.25) is 4.79 Å². The van der Waals surface area contributed by atoms with Gasteiger partial charge >= 0.3 is 0 Å². The number of amides is 1. The Hall–Kier alpha value is -0.180. The maximum atomic E-state index is 12.3. The van der Waals surface area contributed by atoms with Gasteiger partial charge in [0, 0.05) is 11.3 Å². The lowest BCUT2D eigenvalue weighted by atomic mass is 10.0. The van der Waals surface area contributed by atoms with Crippen LogP contribution in [0.1, 0.15) is 105 Å². The Kier molecular flexibility index (Phi) is 16.5. The second-order valence-corrected chi connectivity index (χ2v) is 8.06. The van der Waals surface area contributed by atoms with Gasteiger partial charge in [-0.25, -0.2) is 0 Å². The first-order valence-electron chi connectivity index (χ1n) is 10.1. The van der Waals surface area contributed by atoms with Gasteiger partial charge in [-0.15, -0.1) is 11.8 Å². The third kappa shape index (κ3) is 13.9. The number of rotatable bonds is 16. The van der Waals surface area contributed by atoms with Gasteiger partial charge in [-0.05, 0) is 25.7 Å². The first-order chi connectivity index (χ1) is 11.2. The lowest BCUT2D eigenvalue weighted by molar-refractivity contribution is -0.119. The van der Waals surface area contributed by atoms with Crippen LogP contribution in [0.5, 0.6) is 0 Å². The average Bonchev–Trinajstić information content (AvgIpc) is 2.54.